The highest BCUT2D eigenvalue weighted by Gasteiger charge is 2.19. The summed E-state index contributed by atoms with van der Waals surface area (Å²) < 4.78 is 18.1. The van der Waals surface area contributed by atoms with Crippen LogP contribution in [0.5, 0.6) is 0 Å². The van der Waals surface area contributed by atoms with Crippen LogP contribution in [-0.4, -0.2) is 50.3 Å². The molecule has 0 radical (unpaired) electrons. The lowest BCUT2D eigenvalue weighted by atomic mass is 10.3. The Bertz CT molecular complexity index is 643. The number of rotatable bonds is 8. The molecular weight excluding hydrogens is 382 g/mol. The molecule has 0 aromatic rings. The zero-order valence-corrected chi connectivity index (χ0v) is 17.7. The summed E-state index contributed by atoms with van der Waals surface area (Å²) in [5.74, 6) is -2.86. The Kier molecular flexibility index (Phi) is 20.2. The second-order valence-electron chi connectivity index (χ2n) is 4.97. The van der Waals surface area contributed by atoms with Gasteiger partial charge in [-0.25, -0.2) is 19.2 Å². The van der Waals surface area contributed by atoms with E-state index in [0.717, 1.165) is 0 Å². The highest BCUT2D eigenvalue weighted by atomic mass is 16.6. The van der Waals surface area contributed by atoms with Crippen LogP contribution in [0, 0.1) is 11.3 Å². The molecule has 0 heterocycles. The number of esters is 4. The van der Waals surface area contributed by atoms with Crippen LogP contribution in [0.3, 0.4) is 0 Å². The summed E-state index contributed by atoms with van der Waals surface area (Å²) in [4.78, 5) is 43.4. The van der Waals surface area contributed by atoms with Gasteiger partial charge in [-0.1, -0.05) is 19.7 Å². The minimum atomic E-state index is -0.994. The molecule has 0 aliphatic carbocycles. The van der Waals surface area contributed by atoms with E-state index < -0.39 is 30.1 Å². The molecule has 0 aliphatic rings. The maximum Gasteiger partial charge on any atom is 0.345 e. The molecule has 0 aliphatic heterocycles. The monoisotopic (exact) mass is 411 g/mol. The van der Waals surface area contributed by atoms with Crippen molar-refractivity contribution in [1.82, 2.24) is 0 Å². The molecule has 0 amide bonds. The first kappa shape index (κ1) is 30.3. The van der Waals surface area contributed by atoms with Gasteiger partial charge in [0, 0.05) is 11.1 Å². The molecule has 29 heavy (non-hydrogen) atoms. The van der Waals surface area contributed by atoms with Crippen LogP contribution in [0.4, 0.5) is 0 Å². The summed E-state index contributed by atoms with van der Waals surface area (Å²) in [5.41, 5.74) is 0.558. The predicted molar refractivity (Wildman–Crippen MR) is 105 cm³/mol. The van der Waals surface area contributed by atoms with Crippen LogP contribution in [0.1, 0.15) is 34.6 Å². The van der Waals surface area contributed by atoms with Gasteiger partial charge in [-0.05, 0) is 34.6 Å². The molecule has 9 nitrogen and oxygen atoms in total. The second-order valence-corrected chi connectivity index (χ2v) is 4.97. The molecule has 0 bridgehead atoms. The number of carbonyl (C=O) groups is 4. The zero-order valence-electron chi connectivity index (χ0n) is 17.7. The highest BCUT2D eigenvalue weighted by molar-refractivity contribution is 6.13. The standard InChI is InChI=1S/C10H14O6.C6H10O2.C4H5N/c1-4-14-8(11)6-16-10(13)7(3)9(12)15-5-2;1-4-8-6(7)5(2)3;1-4(2)3-5/h3-6H2,1-2H3;2,4H2,1,3H3;1H2,2H3. The lowest BCUT2D eigenvalue weighted by Gasteiger charge is -2.05. The van der Waals surface area contributed by atoms with Gasteiger partial charge in [0.25, 0.3) is 0 Å². The van der Waals surface area contributed by atoms with E-state index in [9.17, 15) is 19.2 Å². The topological polar surface area (TPSA) is 129 Å². The van der Waals surface area contributed by atoms with Gasteiger partial charge >= 0.3 is 23.9 Å². The number of ether oxygens (including phenoxy) is 4. The van der Waals surface area contributed by atoms with E-state index in [-0.39, 0.29) is 19.2 Å². The minimum Gasteiger partial charge on any atom is -0.463 e. The normalized spacial score (nSPS) is 8.28. The molecule has 0 atom stereocenters. The van der Waals surface area contributed by atoms with Gasteiger partial charge in [-0.3, -0.25) is 0 Å². The number of carbonyl (C=O) groups excluding carboxylic acids is 4. The molecule has 0 saturated carbocycles. The molecule has 0 fully saturated rings. The lowest BCUT2D eigenvalue weighted by Crippen LogP contribution is -2.21. The lowest BCUT2D eigenvalue weighted by molar-refractivity contribution is -0.158. The number of nitrogens with zero attached hydrogens (tertiary/aromatic N) is 1. The third-order valence-electron chi connectivity index (χ3n) is 2.21. The van der Waals surface area contributed by atoms with Gasteiger partial charge in [0.15, 0.2) is 6.61 Å². The van der Waals surface area contributed by atoms with E-state index in [1.807, 2.05) is 6.07 Å². The van der Waals surface area contributed by atoms with Crippen LogP contribution in [0.25, 0.3) is 0 Å². The van der Waals surface area contributed by atoms with E-state index in [0.29, 0.717) is 17.8 Å². The van der Waals surface area contributed by atoms with E-state index in [2.05, 4.69) is 38.7 Å². The van der Waals surface area contributed by atoms with E-state index in [1.165, 1.54) is 0 Å². The van der Waals surface area contributed by atoms with Crippen molar-refractivity contribution >= 4 is 23.9 Å². The van der Waals surface area contributed by atoms with Crippen molar-refractivity contribution in [1.29, 1.82) is 5.26 Å². The van der Waals surface area contributed by atoms with Crippen molar-refractivity contribution in [3.05, 3.63) is 36.5 Å². The maximum absolute atomic E-state index is 11.1. The summed E-state index contributed by atoms with van der Waals surface area (Å²) in [5, 5.41) is 7.79. The second kappa shape index (κ2) is 19.4. The fourth-order valence-electron chi connectivity index (χ4n) is 0.970. The van der Waals surface area contributed by atoms with Crippen molar-refractivity contribution in [2.45, 2.75) is 34.6 Å². The molecular formula is C20H29NO8. The Morgan fingerprint density at radius 1 is 0.759 bits per heavy atom. The molecule has 0 N–H and O–H groups in total. The predicted octanol–water partition coefficient (Wildman–Crippen LogP) is 2.42. The Morgan fingerprint density at radius 2 is 1.14 bits per heavy atom. The summed E-state index contributed by atoms with van der Waals surface area (Å²) in [7, 11) is 0. The van der Waals surface area contributed by atoms with Gasteiger partial charge in [0.1, 0.15) is 5.57 Å². The van der Waals surface area contributed by atoms with Crippen molar-refractivity contribution in [2.24, 2.45) is 0 Å². The summed E-state index contributed by atoms with van der Waals surface area (Å²) in [6.45, 7) is 18.4. The maximum atomic E-state index is 11.1. The van der Waals surface area contributed by atoms with Gasteiger partial charge in [0.05, 0.1) is 25.9 Å². The van der Waals surface area contributed by atoms with Gasteiger partial charge in [0.2, 0.25) is 0 Å². The van der Waals surface area contributed by atoms with Crippen molar-refractivity contribution in [2.75, 3.05) is 26.4 Å². The number of hydrogen-bond donors (Lipinski definition) is 0. The number of allylic oxidation sites excluding steroid dienone is 1. The summed E-state index contributed by atoms with van der Waals surface area (Å²) >= 11 is 0. The molecule has 0 aromatic heterocycles. The zero-order chi connectivity index (χ0) is 23.4. The molecule has 162 valence electrons. The third-order valence-corrected chi connectivity index (χ3v) is 2.21. The summed E-state index contributed by atoms with van der Waals surface area (Å²) in [6, 6.07) is 1.83. The van der Waals surface area contributed by atoms with Crippen LogP contribution in [0.2, 0.25) is 0 Å². The number of nitriles is 1. The van der Waals surface area contributed by atoms with Gasteiger partial charge in [-0.2, -0.15) is 5.26 Å². The minimum absolute atomic E-state index is 0.128. The van der Waals surface area contributed by atoms with E-state index in [4.69, 9.17) is 5.26 Å². The smallest absolute Gasteiger partial charge is 0.345 e. The van der Waals surface area contributed by atoms with Crippen LogP contribution in [0.15, 0.2) is 36.5 Å². The Labute approximate surface area is 171 Å². The van der Waals surface area contributed by atoms with Crippen LogP contribution >= 0.6 is 0 Å². The molecule has 0 saturated heterocycles. The molecule has 0 rings (SSSR count). The third kappa shape index (κ3) is 20.8. The first-order valence-corrected chi connectivity index (χ1v) is 8.55. The largest absolute Gasteiger partial charge is 0.463 e. The number of hydrogen-bond acceptors (Lipinski definition) is 9. The summed E-state index contributed by atoms with van der Waals surface area (Å²) in [6.07, 6.45) is 0. The Hall–Kier alpha value is -3.41. The molecule has 0 aromatic carbocycles. The average Bonchev–Trinajstić information content (AvgIpc) is 2.67. The first-order chi connectivity index (χ1) is 13.5. The van der Waals surface area contributed by atoms with Crippen molar-refractivity contribution < 1.29 is 38.1 Å². The fourth-order valence-corrected chi connectivity index (χ4v) is 0.970. The highest BCUT2D eigenvalue weighted by Crippen LogP contribution is 1.98. The molecule has 9 heteroatoms. The van der Waals surface area contributed by atoms with Crippen LogP contribution in [-0.2, 0) is 38.1 Å². The Morgan fingerprint density at radius 3 is 1.45 bits per heavy atom. The van der Waals surface area contributed by atoms with E-state index >= 15 is 0 Å². The molecule has 0 spiro atoms. The Balaban J connectivity index is -0.000000430. The quantitative estimate of drug-likeness (QED) is 0.148. The average molecular weight is 411 g/mol. The van der Waals surface area contributed by atoms with Crippen molar-refractivity contribution in [3.63, 3.8) is 0 Å². The van der Waals surface area contributed by atoms with Crippen molar-refractivity contribution in [3.8, 4) is 6.07 Å². The van der Waals surface area contributed by atoms with Gasteiger partial charge in [-0.15, -0.1) is 0 Å². The SMILES string of the molecule is C=C(C(=O)OCC)C(=O)OCC(=O)OCC.C=C(C)C#N.C=C(C)C(=O)OCC. The van der Waals surface area contributed by atoms with Crippen LogP contribution < -0.4 is 0 Å². The molecule has 0 unspecified atom stereocenters. The van der Waals surface area contributed by atoms with Gasteiger partial charge < -0.3 is 18.9 Å². The van der Waals surface area contributed by atoms with E-state index in [1.54, 1.807) is 34.6 Å². The first-order valence-electron chi connectivity index (χ1n) is 8.55. The fraction of sp³-hybridized carbons (Fsp3) is 0.450.